The first kappa shape index (κ1) is 29.7. The molecular formula is C32H41N3O4. The van der Waals surface area contributed by atoms with Crippen LogP contribution < -0.4 is 10.6 Å². The zero-order valence-corrected chi connectivity index (χ0v) is 24.1. The molecule has 0 spiro atoms. The van der Waals surface area contributed by atoms with Crippen molar-refractivity contribution in [3.63, 3.8) is 0 Å². The van der Waals surface area contributed by atoms with Gasteiger partial charge in [0.2, 0.25) is 5.91 Å². The topological polar surface area (TPSA) is 87.7 Å². The van der Waals surface area contributed by atoms with E-state index in [-0.39, 0.29) is 24.3 Å². The Hall–Kier alpha value is -3.87. The van der Waals surface area contributed by atoms with Crippen LogP contribution in [0.1, 0.15) is 65.1 Å². The largest absolute Gasteiger partial charge is 0.444 e. The molecule has 0 aromatic heterocycles. The molecule has 0 aliphatic carbocycles. The number of fused-ring (bicyclic) bond motifs is 1. The monoisotopic (exact) mass is 531 g/mol. The summed E-state index contributed by atoms with van der Waals surface area (Å²) in [7, 11) is 0. The molecule has 0 aliphatic heterocycles. The maximum atomic E-state index is 14.1. The van der Waals surface area contributed by atoms with Crippen LogP contribution in [0, 0.1) is 12.8 Å². The third-order valence-corrected chi connectivity index (χ3v) is 6.71. The highest BCUT2D eigenvalue weighted by Gasteiger charge is 2.37. The van der Waals surface area contributed by atoms with Crippen molar-refractivity contribution in [2.45, 2.75) is 72.6 Å². The van der Waals surface area contributed by atoms with E-state index in [4.69, 9.17) is 4.74 Å². The lowest BCUT2D eigenvalue weighted by molar-refractivity contribution is -0.141. The van der Waals surface area contributed by atoms with E-state index >= 15 is 0 Å². The van der Waals surface area contributed by atoms with E-state index in [0.717, 1.165) is 16.3 Å². The van der Waals surface area contributed by atoms with Gasteiger partial charge in [0.25, 0.3) is 5.91 Å². The summed E-state index contributed by atoms with van der Waals surface area (Å²) in [5.41, 5.74) is 1.61. The fraction of sp³-hybridized carbons (Fsp3) is 0.406. The second kappa shape index (κ2) is 12.8. The van der Waals surface area contributed by atoms with Gasteiger partial charge in [0.1, 0.15) is 17.7 Å². The Balaban J connectivity index is 1.98. The Morgan fingerprint density at radius 2 is 1.62 bits per heavy atom. The molecule has 7 nitrogen and oxygen atoms in total. The highest BCUT2D eigenvalue weighted by Crippen LogP contribution is 2.27. The van der Waals surface area contributed by atoms with Crippen LogP contribution in [0.25, 0.3) is 10.8 Å². The SMILES string of the molecule is CCC(C)C(NC(=O)OC(C)(C)C)C(=O)N(CC)C(C(=O)Nc1ccc2ccccc2c1)c1cccc(C)c1. The first-order valence-corrected chi connectivity index (χ1v) is 13.6. The van der Waals surface area contributed by atoms with Crippen LogP contribution in [0.5, 0.6) is 0 Å². The predicted octanol–water partition coefficient (Wildman–Crippen LogP) is 6.62. The summed E-state index contributed by atoms with van der Waals surface area (Å²) in [5.74, 6) is -0.843. The lowest BCUT2D eigenvalue weighted by Gasteiger charge is -2.35. The number of carbonyl (C=O) groups is 3. The highest BCUT2D eigenvalue weighted by atomic mass is 16.6. The molecule has 0 radical (unpaired) electrons. The van der Waals surface area contributed by atoms with Gasteiger partial charge in [0.05, 0.1) is 0 Å². The van der Waals surface area contributed by atoms with Crippen molar-refractivity contribution >= 4 is 34.4 Å². The number of aryl methyl sites for hydroxylation is 1. The smallest absolute Gasteiger partial charge is 0.408 e. The predicted molar refractivity (Wildman–Crippen MR) is 156 cm³/mol. The van der Waals surface area contributed by atoms with Crippen LogP contribution in [0.4, 0.5) is 10.5 Å². The van der Waals surface area contributed by atoms with E-state index in [1.54, 1.807) is 25.7 Å². The van der Waals surface area contributed by atoms with Crippen molar-refractivity contribution in [2.75, 3.05) is 11.9 Å². The van der Waals surface area contributed by atoms with Crippen LogP contribution in [-0.4, -0.2) is 41.0 Å². The molecule has 0 bridgehead atoms. The average molecular weight is 532 g/mol. The summed E-state index contributed by atoms with van der Waals surface area (Å²) in [6.07, 6.45) is -0.00719. The number of ether oxygens (including phenoxy) is 1. The molecule has 3 unspecified atom stereocenters. The summed E-state index contributed by atoms with van der Waals surface area (Å²) < 4.78 is 5.45. The Kier molecular flexibility index (Phi) is 9.73. The van der Waals surface area contributed by atoms with E-state index in [9.17, 15) is 14.4 Å². The van der Waals surface area contributed by atoms with Gasteiger partial charge in [-0.3, -0.25) is 9.59 Å². The van der Waals surface area contributed by atoms with Gasteiger partial charge in [-0.25, -0.2) is 4.79 Å². The molecule has 7 heteroatoms. The summed E-state index contributed by atoms with van der Waals surface area (Å²) in [6, 6.07) is 19.5. The second-order valence-corrected chi connectivity index (χ2v) is 11.0. The quantitative estimate of drug-likeness (QED) is 0.325. The van der Waals surface area contributed by atoms with E-state index < -0.39 is 23.8 Å². The molecule has 208 valence electrons. The van der Waals surface area contributed by atoms with Gasteiger partial charge in [0.15, 0.2) is 0 Å². The normalized spacial score (nSPS) is 13.7. The molecule has 2 N–H and O–H groups in total. The Labute approximate surface area is 231 Å². The van der Waals surface area contributed by atoms with Crippen molar-refractivity contribution in [3.8, 4) is 0 Å². The van der Waals surface area contributed by atoms with Gasteiger partial charge < -0.3 is 20.3 Å². The minimum atomic E-state index is -0.902. The first-order chi connectivity index (χ1) is 18.4. The molecule has 3 aromatic rings. The molecule has 39 heavy (non-hydrogen) atoms. The summed E-state index contributed by atoms with van der Waals surface area (Å²) in [5, 5.41) is 7.89. The number of alkyl carbamates (subject to hydrolysis) is 1. The summed E-state index contributed by atoms with van der Waals surface area (Å²) in [4.78, 5) is 42.2. The molecule has 3 atom stereocenters. The number of hydrogen-bond acceptors (Lipinski definition) is 4. The van der Waals surface area contributed by atoms with Crippen LogP contribution in [0.3, 0.4) is 0 Å². The number of amides is 3. The fourth-order valence-corrected chi connectivity index (χ4v) is 4.55. The highest BCUT2D eigenvalue weighted by molar-refractivity contribution is 6.00. The van der Waals surface area contributed by atoms with Crippen molar-refractivity contribution in [1.29, 1.82) is 0 Å². The number of carbonyl (C=O) groups excluding carboxylic acids is 3. The third-order valence-electron chi connectivity index (χ3n) is 6.71. The molecule has 3 rings (SSSR count). The molecule has 3 amide bonds. The van der Waals surface area contributed by atoms with Gasteiger partial charge in [0, 0.05) is 12.2 Å². The number of likely N-dealkylation sites (N-methyl/N-ethyl adjacent to an activating group) is 1. The van der Waals surface area contributed by atoms with Crippen molar-refractivity contribution in [1.82, 2.24) is 10.2 Å². The second-order valence-electron chi connectivity index (χ2n) is 11.0. The standard InChI is InChI=1S/C32H41N3O4/c1-8-22(4)27(34-31(38)39-32(5,6)7)30(37)35(9-2)28(25-16-12-13-21(3)19-25)29(36)33-26-18-17-23-14-10-11-15-24(23)20-26/h10-20,22,27-28H,8-9H2,1-7H3,(H,33,36)(H,34,38). The minimum Gasteiger partial charge on any atom is -0.444 e. The van der Waals surface area contributed by atoms with Crippen LogP contribution in [0.15, 0.2) is 66.7 Å². The number of benzene rings is 3. The summed E-state index contributed by atoms with van der Waals surface area (Å²) >= 11 is 0. The molecule has 3 aromatic carbocycles. The van der Waals surface area contributed by atoms with E-state index in [2.05, 4.69) is 10.6 Å². The maximum Gasteiger partial charge on any atom is 0.408 e. The zero-order chi connectivity index (χ0) is 28.7. The molecule has 0 heterocycles. The van der Waals surface area contributed by atoms with E-state index in [1.165, 1.54) is 0 Å². The molecule has 0 fully saturated rings. The van der Waals surface area contributed by atoms with Crippen molar-refractivity contribution in [2.24, 2.45) is 5.92 Å². The van der Waals surface area contributed by atoms with Gasteiger partial charge in [-0.2, -0.15) is 0 Å². The van der Waals surface area contributed by atoms with Crippen LogP contribution >= 0.6 is 0 Å². The average Bonchev–Trinajstić information content (AvgIpc) is 2.88. The number of rotatable bonds is 9. The lowest BCUT2D eigenvalue weighted by atomic mass is 9.95. The number of hydrogen-bond donors (Lipinski definition) is 2. The number of anilines is 1. The lowest BCUT2D eigenvalue weighted by Crippen LogP contribution is -2.54. The van der Waals surface area contributed by atoms with Gasteiger partial charge in [-0.1, -0.05) is 80.4 Å². The van der Waals surface area contributed by atoms with Crippen molar-refractivity contribution < 1.29 is 19.1 Å². The Morgan fingerprint density at radius 3 is 2.23 bits per heavy atom. The minimum absolute atomic E-state index is 0.180. The number of nitrogens with one attached hydrogen (secondary N) is 2. The molecular weight excluding hydrogens is 490 g/mol. The van der Waals surface area contributed by atoms with E-state index in [1.807, 2.05) is 94.4 Å². The van der Waals surface area contributed by atoms with Crippen molar-refractivity contribution in [3.05, 3.63) is 77.9 Å². The summed E-state index contributed by atoms with van der Waals surface area (Å²) in [6.45, 7) is 13.2. The first-order valence-electron chi connectivity index (χ1n) is 13.6. The zero-order valence-electron chi connectivity index (χ0n) is 24.1. The molecule has 0 saturated heterocycles. The number of nitrogens with zero attached hydrogens (tertiary/aromatic N) is 1. The van der Waals surface area contributed by atoms with Gasteiger partial charge in [-0.15, -0.1) is 0 Å². The van der Waals surface area contributed by atoms with Crippen LogP contribution in [-0.2, 0) is 14.3 Å². The molecule has 0 aliphatic rings. The Bertz CT molecular complexity index is 1310. The Morgan fingerprint density at radius 1 is 0.923 bits per heavy atom. The van der Waals surface area contributed by atoms with Gasteiger partial charge in [-0.05, 0) is 69.0 Å². The fourth-order valence-electron chi connectivity index (χ4n) is 4.55. The van der Waals surface area contributed by atoms with Gasteiger partial charge >= 0.3 is 6.09 Å². The molecule has 0 saturated carbocycles. The van der Waals surface area contributed by atoms with E-state index in [0.29, 0.717) is 17.7 Å². The van der Waals surface area contributed by atoms with Crippen LogP contribution in [0.2, 0.25) is 0 Å². The maximum absolute atomic E-state index is 14.1. The third kappa shape index (κ3) is 7.82.